The first-order chi connectivity index (χ1) is 9.02. The van der Waals surface area contributed by atoms with Crippen LogP contribution in [0.2, 0.25) is 0 Å². The van der Waals surface area contributed by atoms with Crippen molar-refractivity contribution in [2.75, 3.05) is 6.54 Å². The Morgan fingerprint density at radius 1 is 1.26 bits per heavy atom. The van der Waals surface area contributed by atoms with E-state index in [1.54, 1.807) is 0 Å². The Kier molecular flexibility index (Phi) is 4.45. The molecular formula is C15H18BrNO2. The Balaban J connectivity index is 2.31. The molecule has 0 saturated carbocycles. The Hall–Kier alpha value is -1.10. The van der Waals surface area contributed by atoms with E-state index in [0.717, 1.165) is 27.1 Å². The summed E-state index contributed by atoms with van der Waals surface area (Å²) in [6.07, 6.45) is -0.649. The number of furan rings is 1. The molecule has 0 amide bonds. The number of halogens is 1. The molecule has 2 rings (SSSR count). The molecule has 102 valence electrons. The fourth-order valence-corrected chi connectivity index (χ4v) is 2.58. The van der Waals surface area contributed by atoms with Crippen molar-refractivity contribution in [2.45, 2.75) is 25.9 Å². The summed E-state index contributed by atoms with van der Waals surface area (Å²) in [5.74, 6) is 1.42. The van der Waals surface area contributed by atoms with Gasteiger partial charge in [0.1, 0.15) is 11.5 Å². The standard InChI is InChI=1S/C15H18BrNO2/c1-9-7-13(10(2)19-9)15(18)14(8-17)11-3-5-12(16)6-4-11/h3-7,14-15,18H,8,17H2,1-2H3. The molecule has 0 spiro atoms. The number of aryl methyl sites for hydroxylation is 2. The highest BCUT2D eigenvalue weighted by Gasteiger charge is 2.24. The zero-order valence-corrected chi connectivity index (χ0v) is 12.6. The van der Waals surface area contributed by atoms with Gasteiger partial charge in [-0.1, -0.05) is 28.1 Å². The van der Waals surface area contributed by atoms with Gasteiger partial charge in [0.2, 0.25) is 0 Å². The molecule has 0 saturated heterocycles. The zero-order chi connectivity index (χ0) is 14.0. The van der Waals surface area contributed by atoms with Crippen LogP contribution in [-0.2, 0) is 0 Å². The van der Waals surface area contributed by atoms with Crippen molar-refractivity contribution in [1.82, 2.24) is 0 Å². The molecule has 2 unspecified atom stereocenters. The predicted octanol–water partition coefficient (Wildman–Crippen LogP) is 3.43. The van der Waals surface area contributed by atoms with E-state index in [1.807, 2.05) is 44.2 Å². The van der Waals surface area contributed by atoms with Crippen molar-refractivity contribution in [2.24, 2.45) is 5.73 Å². The van der Waals surface area contributed by atoms with Gasteiger partial charge in [-0.2, -0.15) is 0 Å². The fraction of sp³-hybridized carbons (Fsp3) is 0.333. The Labute approximate surface area is 121 Å². The molecule has 0 bridgehead atoms. The summed E-state index contributed by atoms with van der Waals surface area (Å²) in [4.78, 5) is 0. The molecular weight excluding hydrogens is 306 g/mol. The van der Waals surface area contributed by atoms with E-state index in [2.05, 4.69) is 15.9 Å². The summed E-state index contributed by atoms with van der Waals surface area (Å²) in [5.41, 5.74) is 7.68. The number of benzene rings is 1. The van der Waals surface area contributed by atoms with Crippen molar-refractivity contribution >= 4 is 15.9 Å². The van der Waals surface area contributed by atoms with Crippen LogP contribution in [0.25, 0.3) is 0 Å². The number of aliphatic hydroxyl groups excluding tert-OH is 1. The summed E-state index contributed by atoms with van der Waals surface area (Å²) in [6, 6.07) is 9.75. The molecule has 0 radical (unpaired) electrons. The van der Waals surface area contributed by atoms with Gasteiger partial charge in [0, 0.05) is 22.5 Å². The van der Waals surface area contributed by atoms with Crippen molar-refractivity contribution in [3.05, 3.63) is 57.5 Å². The third kappa shape index (κ3) is 3.08. The van der Waals surface area contributed by atoms with Crippen LogP contribution < -0.4 is 5.73 Å². The molecule has 1 aromatic carbocycles. The average molecular weight is 324 g/mol. The lowest BCUT2D eigenvalue weighted by Crippen LogP contribution is -2.20. The third-order valence-electron chi connectivity index (χ3n) is 3.33. The molecule has 0 aliphatic rings. The summed E-state index contributed by atoms with van der Waals surface area (Å²) in [7, 11) is 0. The van der Waals surface area contributed by atoms with Gasteiger partial charge in [-0.15, -0.1) is 0 Å². The fourth-order valence-electron chi connectivity index (χ4n) is 2.32. The largest absolute Gasteiger partial charge is 0.466 e. The van der Waals surface area contributed by atoms with E-state index in [4.69, 9.17) is 10.2 Å². The number of hydrogen-bond donors (Lipinski definition) is 2. The maximum Gasteiger partial charge on any atom is 0.106 e. The minimum absolute atomic E-state index is 0.135. The minimum atomic E-state index is -0.649. The van der Waals surface area contributed by atoms with Crippen molar-refractivity contribution in [3.63, 3.8) is 0 Å². The van der Waals surface area contributed by atoms with Gasteiger partial charge >= 0.3 is 0 Å². The van der Waals surface area contributed by atoms with Crippen LogP contribution in [0.5, 0.6) is 0 Å². The Morgan fingerprint density at radius 3 is 2.37 bits per heavy atom. The molecule has 1 aromatic heterocycles. The highest BCUT2D eigenvalue weighted by Crippen LogP contribution is 2.33. The maximum atomic E-state index is 10.5. The lowest BCUT2D eigenvalue weighted by molar-refractivity contribution is 0.145. The summed E-state index contributed by atoms with van der Waals surface area (Å²) in [5, 5.41) is 10.5. The summed E-state index contributed by atoms with van der Waals surface area (Å²) >= 11 is 3.40. The van der Waals surface area contributed by atoms with Gasteiger partial charge in [-0.25, -0.2) is 0 Å². The van der Waals surface area contributed by atoms with Crippen molar-refractivity contribution in [1.29, 1.82) is 0 Å². The monoisotopic (exact) mass is 323 g/mol. The van der Waals surface area contributed by atoms with Crippen LogP contribution >= 0.6 is 15.9 Å². The van der Waals surface area contributed by atoms with E-state index in [1.165, 1.54) is 0 Å². The Morgan fingerprint density at radius 2 is 1.89 bits per heavy atom. The summed E-state index contributed by atoms with van der Waals surface area (Å²) in [6.45, 7) is 4.12. The van der Waals surface area contributed by atoms with Crippen LogP contribution in [0, 0.1) is 13.8 Å². The minimum Gasteiger partial charge on any atom is -0.466 e. The van der Waals surface area contributed by atoms with Gasteiger partial charge < -0.3 is 15.3 Å². The molecule has 3 nitrogen and oxygen atoms in total. The number of hydrogen-bond acceptors (Lipinski definition) is 3. The molecule has 2 atom stereocenters. The molecule has 4 heteroatoms. The molecule has 0 aliphatic carbocycles. The van der Waals surface area contributed by atoms with Crippen LogP contribution in [-0.4, -0.2) is 11.7 Å². The first-order valence-corrected chi connectivity index (χ1v) is 7.02. The highest BCUT2D eigenvalue weighted by molar-refractivity contribution is 9.10. The maximum absolute atomic E-state index is 10.5. The molecule has 0 fully saturated rings. The average Bonchev–Trinajstić information content (AvgIpc) is 2.71. The first-order valence-electron chi connectivity index (χ1n) is 6.23. The molecule has 0 aliphatic heterocycles. The van der Waals surface area contributed by atoms with E-state index in [0.29, 0.717) is 6.54 Å². The molecule has 2 aromatic rings. The van der Waals surface area contributed by atoms with Crippen LogP contribution in [0.1, 0.15) is 34.7 Å². The quantitative estimate of drug-likeness (QED) is 0.906. The van der Waals surface area contributed by atoms with Crippen LogP contribution in [0.3, 0.4) is 0 Å². The third-order valence-corrected chi connectivity index (χ3v) is 3.86. The number of aliphatic hydroxyl groups is 1. The highest BCUT2D eigenvalue weighted by atomic mass is 79.9. The summed E-state index contributed by atoms with van der Waals surface area (Å²) < 4.78 is 6.49. The van der Waals surface area contributed by atoms with Gasteiger partial charge in [-0.3, -0.25) is 0 Å². The zero-order valence-electron chi connectivity index (χ0n) is 11.1. The smallest absolute Gasteiger partial charge is 0.106 e. The van der Waals surface area contributed by atoms with Crippen LogP contribution in [0.15, 0.2) is 39.2 Å². The Bertz CT molecular complexity index is 548. The topological polar surface area (TPSA) is 59.4 Å². The molecule has 19 heavy (non-hydrogen) atoms. The van der Waals surface area contributed by atoms with Gasteiger partial charge in [0.25, 0.3) is 0 Å². The predicted molar refractivity (Wildman–Crippen MR) is 79.1 cm³/mol. The molecule has 3 N–H and O–H groups in total. The van der Waals surface area contributed by atoms with Gasteiger partial charge in [0.15, 0.2) is 0 Å². The normalized spacial score (nSPS) is 14.4. The van der Waals surface area contributed by atoms with Gasteiger partial charge in [-0.05, 0) is 37.6 Å². The van der Waals surface area contributed by atoms with E-state index in [9.17, 15) is 5.11 Å². The van der Waals surface area contributed by atoms with E-state index < -0.39 is 6.10 Å². The lowest BCUT2D eigenvalue weighted by Gasteiger charge is -2.21. The van der Waals surface area contributed by atoms with Crippen LogP contribution in [0.4, 0.5) is 0 Å². The first kappa shape index (κ1) is 14.3. The second-order valence-corrected chi connectivity index (χ2v) is 5.62. The van der Waals surface area contributed by atoms with Crippen molar-refractivity contribution < 1.29 is 9.52 Å². The number of nitrogens with two attached hydrogens (primary N) is 1. The second kappa shape index (κ2) is 5.90. The SMILES string of the molecule is Cc1cc(C(O)C(CN)c2ccc(Br)cc2)c(C)o1. The van der Waals surface area contributed by atoms with Crippen molar-refractivity contribution in [3.8, 4) is 0 Å². The molecule has 1 heterocycles. The number of rotatable bonds is 4. The van der Waals surface area contributed by atoms with Gasteiger partial charge in [0.05, 0.1) is 6.10 Å². The lowest BCUT2D eigenvalue weighted by atomic mass is 9.89. The second-order valence-electron chi connectivity index (χ2n) is 4.71. The van der Waals surface area contributed by atoms with E-state index >= 15 is 0 Å². The van der Waals surface area contributed by atoms with E-state index in [-0.39, 0.29) is 5.92 Å².